The van der Waals surface area contributed by atoms with E-state index in [1.165, 1.54) is 6.08 Å². The third-order valence-electron chi connectivity index (χ3n) is 2.90. The van der Waals surface area contributed by atoms with Gasteiger partial charge < -0.3 is 5.32 Å². The Labute approximate surface area is 130 Å². The number of carbonyl (C=O) groups is 1. The number of pyridine rings is 1. The monoisotopic (exact) mass is 314 g/mol. The van der Waals surface area contributed by atoms with Gasteiger partial charge >= 0.3 is 0 Å². The molecule has 0 spiro atoms. The summed E-state index contributed by atoms with van der Waals surface area (Å²) in [6, 6.07) is 11.1. The number of hydrogen-bond acceptors (Lipinski definition) is 3. The quantitative estimate of drug-likeness (QED) is 0.718. The summed E-state index contributed by atoms with van der Waals surface area (Å²) in [6.07, 6.45) is 4.96. The molecule has 0 aliphatic rings. The minimum atomic E-state index is -0.175. The number of aromatic nitrogens is 1. The number of amides is 1. The number of anilines is 1. The highest BCUT2D eigenvalue weighted by molar-refractivity contribution is 7.10. The van der Waals surface area contributed by atoms with E-state index < -0.39 is 0 Å². The molecule has 104 valence electrons. The maximum absolute atomic E-state index is 12.0. The van der Waals surface area contributed by atoms with Gasteiger partial charge in [-0.15, -0.1) is 11.3 Å². The summed E-state index contributed by atoms with van der Waals surface area (Å²) in [5.74, 6) is -0.175. The molecule has 0 unspecified atom stereocenters. The van der Waals surface area contributed by atoms with E-state index in [2.05, 4.69) is 10.3 Å². The number of benzene rings is 1. The molecule has 21 heavy (non-hydrogen) atoms. The van der Waals surface area contributed by atoms with E-state index in [1.807, 2.05) is 23.6 Å². The fraction of sp³-hybridized carbons (Fsp3) is 0. The summed E-state index contributed by atoms with van der Waals surface area (Å²) in [7, 11) is 0. The molecule has 0 radical (unpaired) electrons. The first-order chi connectivity index (χ1) is 10.2. The van der Waals surface area contributed by atoms with Gasteiger partial charge in [0.2, 0.25) is 5.91 Å². The zero-order chi connectivity index (χ0) is 14.7. The molecule has 0 atom stereocenters. The summed E-state index contributed by atoms with van der Waals surface area (Å²) in [6.45, 7) is 0. The fourth-order valence-electron chi connectivity index (χ4n) is 1.95. The first-order valence-corrected chi connectivity index (χ1v) is 7.55. The third kappa shape index (κ3) is 3.29. The van der Waals surface area contributed by atoms with Gasteiger partial charge in [-0.1, -0.05) is 17.7 Å². The van der Waals surface area contributed by atoms with Crippen LogP contribution in [0.25, 0.3) is 17.0 Å². The second-order valence-electron chi connectivity index (χ2n) is 4.36. The predicted molar refractivity (Wildman–Crippen MR) is 88.7 cm³/mol. The van der Waals surface area contributed by atoms with Crippen molar-refractivity contribution < 1.29 is 4.79 Å². The smallest absolute Gasteiger partial charge is 0.248 e. The van der Waals surface area contributed by atoms with Crippen molar-refractivity contribution in [1.29, 1.82) is 0 Å². The second-order valence-corrected chi connectivity index (χ2v) is 5.77. The Balaban J connectivity index is 1.83. The van der Waals surface area contributed by atoms with Crippen LogP contribution in [0.2, 0.25) is 5.02 Å². The molecule has 1 amide bonds. The van der Waals surface area contributed by atoms with Crippen molar-refractivity contribution in [1.82, 2.24) is 4.98 Å². The van der Waals surface area contributed by atoms with E-state index >= 15 is 0 Å². The number of hydrogen-bond donors (Lipinski definition) is 1. The van der Waals surface area contributed by atoms with Crippen molar-refractivity contribution in [2.45, 2.75) is 0 Å². The van der Waals surface area contributed by atoms with Crippen LogP contribution >= 0.6 is 22.9 Å². The largest absolute Gasteiger partial charge is 0.322 e. The molecule has 3 aromatic rings. The zero-order valence-electron chi connectivity index (χ0n) is 10.9. The molecule has 2 heterocycles. The zero-order valence-corrected chi connectivity index (χ0v) is 12.5. The number of nitrogens with one attached hydrogen (secondary N) is 1. The number of rotatable bonds is 3. The lowest BCUT2D eigenvalue weighted by Gasteiger charge is -2.06. The second kappa shape index (κ2) is 6.08. The first-order valence-electron chi connectivity index (χ1n) is 6.29. The molecule has 5 heteroatoms. The molecule has 0 bridgehead atoms. The van der Waals surface area contributed by atoms with Crippen LogP contribution in [0, 0.1) is 0 Å². The van der Waals surface area contributed by atoms with E-state index in [1.54, 1.807) is 41.8 Å². The molecular formula is C16H11ClN2OS. The van der Waals surface area contributed by atoms with Crippen molar-refractivity contribution in [3.05, 3.63) is 64.0 Å². The summed E-state index contributed by atoms with van der Waals surface area (Å²) >= 11 is 7.53. The van der Waals surface area contributed by atoms with Crippen LogP contribution in [0.5, 0.6) is 0 Å². The summed E-state index contributed by atoms with van der Waals surface area (Å²) in [5.41, 5.74) is 1.47. The number of halogens is 1. The van der Waals surface area contributed by atoms with Gasteiger partial charge in [0.15, 0.2) is 0 Å². The highest BCUT2D eigenvalue weighted by Crippen LogP contribution is 2.24. The van der Waals surface area contributed by atoms with Crippen LogP contribution in [0.1, 0.15) is 4.88 Å². The lowest BCUT2D eigenvalue weighted by Crippen LogP contribution is -2.08. The normalized spacial score (nSPS) is 11.1. The van der Waals surface area contributed by atoms with Gasteiger partial charge in [-0.05, 0) is 41.8 Å². The van der Waals surface area contributed by atoms with Crippen molar-refractivity contribution in [3.8, 4) is 0 Å². The standard InChI is InChI=1S/C16H11ClN2OS/c17-11-3-5-13-14(7-8-18-15(13)10-11)19-16(20)6-4-12-2-1-9-21-12/h1-10H,(H,18,19,20)/b6-4+. The topological polar surface area (TPSA) is 42.0 Å². The average molecular weight is 315 g/mol. The molecule has 0 saturated carbocycles. The van der Waals surface area contributed by atoms with E-state index in [-0.39, 0.29) is 5.91 Å². The SMILES string of the molecule is O=C(/C=C/c1cccs1)Nc1ccnc2cc(Cl)ccc12. The van der Waals surface area contributed by atoms with Crippen LogP contribution in [0.4, 0.5) is 5.69 Å². The Morgan fingerprint density at radius 2 is 2.19 bits per heavy atom. The Bertz CT molecular complexity index is 812. The molecule has 3 rings (SSSR count). The van der Waals surface area contributed by atoms with E-state index in [4.69, 9.17) is 11.6 Å². The van der Waals surface area contributed by atoms with E-state index in [0.29, 0.717) is 5.02 Å². The highest BCUT2D eigenvalue weighted by Gasteiger charge is 2.04. The maximum Gasteiger partial charge on any atom is 0.248 e. The summed E-state index contributed by atoms with van der Waals surface area (Å²) in [5, 5.41) is 6.31. The van der Waals surface area contributed by atoms with Crippen molar-refractivity contribution in [3.63, 3.8) is 0 Å². The van der Waals surface area contributed by atoms with Crippen molar-refractivity contribution in [2.24, 2.45) is 0 Å². The lowest BCUT2D eigenvalue weighted by molar-refractivity contribution is -0.111. The number of nitrogens with zero attached hydrogens (tertiary/aromatic N) is 1. The van der Waals surface area contributed by atoms with Crippen molar-refractivity contribution in [2.75, 3.05) is 5.32 Å². The van der Waals surface area contributed by atoms with Gasteiger partial charge in [0, 0.05) is 27.6 Å². The predicted octanol–water partition coefficient (Wildman–Crippen LogP) is 4.60. The highest BCUT2D eigenvalue weighted by atomic mass is 35.5. The molecule has 0 aliphatic carbocycles. The van der Waals surface area contributed by atoms with Gasteiger partial charge in [0.25, 0.3) is 0 Å². The third-order valence-corrected chi connectivity index (χ3v) is 3.98. The van der Waals surface area contributed by atoms with Crippen LogP contribution in [-0.4, -0.2) is 10.9 Å². The van der Waals surface area contributed by atoms with Crippen molar-refractivity contribution >= 4 is 51.5 Å². The Morgan fingerprint density at radius 3 is 3.00 bits per heavy atom. The van der Waals surface area contributed by atoms with Crippen LogP contribution in [-0.2, 0) is 4.79 Å². The fourth-order valence-corrected chi connectivity index (χ4v) is 2.73. The lowest BCUT2D eigenvalue weighted by atomic mass is 10.2. The molecule has 1 N–H and O–H groups in total. The molecular weight excluding hydrogens is 304 g/mol. The van der Waals surface area contributed by atoms with Gasteiger partial charge in [-0.3, -0.25) is 9.78 Å². The Kier molecular flexibility index (Phi) is 3.99. The number of fused-ring (bicyclic) bond motifs is 1. The molecule has 0 fully saturated rings. The first kappa shape index (κ1) is 13.8. The van der Waals surface area contributed by atoms with Crippen LogP contribution in [0.3, 0.4) is 0 Å². The molecule has 3 nitrogen and oxygen atoms in total. The van der Waals surface area contributed by atoms with Gasteiger partial charge in [-0.25, -0.2) is 0 Å². The summed E-state index contributed by atoms with van der Waals surface area (Å²) < 4.78 is 0. The minimum absolute atomic E-state index is 0.175. The van der Waals surface area contributed by atoms with Gasteiger partial charge in [-0.2, -0.15) is 0 Å². The number of thiophene rings is 1. The Morgan fingerprint density at radius 1 is 1.29 bits per heavy atom. The van der Waals surface area contributed by atoms with Crippen LogP contribution in [0.15, 0.2) is 54.1 Å². The van der Waals surface area contributed by atoms with Crippen LogP contribution < -0.4 is 5.32 Å². The minimum Gasteiger partial charge on any atom is -0.322 e. The molecule has 0 aliphatic heterocycles. The number of carbonyl (C=O) groups excluding carboxylic acids is 1. The Hall–Kier alpha value is -2.17. The van der Waals surface area contributed by atoms with Gasteiger partial charge in [0.05, 0.1) is 11.2 Å². The average Bonchev–Trinajstić information content (AvgIpc) is 2.98. The summed E-state index contributed by atoms with van der Waals surface area (Å²) in [4.78, 5) is 17.3. The maximum atomic E-state index is 12.0. The van der Waals surface area contributed by atoms with E-state index in [0.717, 1.165) is 21.5 Å². The molecule has 2 aromatic heterocycles. The van der Waals surface area contributed by atoms with Gasteiger partial charge in [0.1, 0.15) is 0 Å². The van der Waals surface area contributed by atoms with E-state index in [9.17, 15) is 4.79 Å². The molecule has 0 saturated heterocycles. The molecule has 1 aromatic carbocycles.